The quantitative estimate of drug-likeness (QED) is 0.536. The number of fused-ring (bicyclic) bond motifs is 3. The lowest BCUT2D eigenvalue weighted by Crippen LogP contribution is -2.07. The van der Waals surface area contributed by atoms with Crippen LogP contribution in [0.15, 0.2) is 36.4 Å². The van der Waals surface area contributed by atoms with Crippen molar-refractivity contribution in [3.8, 4) is 5.75 Å². The summed E-state index contributed by atoms with van der Waals surface area (Å²) in [6.07, 6.45) is 1.62. The molecular formula is C17H15NO2S. The molecule has 3 nitrogen and oxygen atoms in total. The van der Waals surface area contributed by atoms with Gasteiger partial charge in [-0.2, -0.15) is 0 Å². The molecule has 0 fully saturated rings. The molecule has 0 spiro atoms. The lowest BCUT2D eigenvalue weighted by molar-refractivity contribution is 0.112. The minimum absolute atomic E-state index is 0.650. The Bertz CT molecular complexity index is 864. The number of aromatic nitrogens is 1. The Morgan fingerprint density at radius 2 is 1.86 bits per heavy atom. The number of thiocarbonyl (C=S) groups is 1. The standard InChI is InChI=1S/C17H15NO2S/c1-3-17(21)18-15-8-11(10-19)4-6-13(15)14-7-5-12(20-2)9-16(14)18/h4-10H,3H2,1-2H3. The first-order chi connectivity index (χ1) is 10.2. The van der Waals surface area contributed by atoms with Gasteiger partial charge in [0.1, 0.15) is 12.0 Å². The molecule has 0 radical (unpaired) electrons. The number of aldehydes is 1. The second-order valence-corrected chi connectivity index (χ2v) is 5.33. The van der Waals surface area contributed by atoms with Gasteiger partial charge in [0.05, 0.1) is 23.1 Å². The van der Waals surface area contributed by atoms with Crippen LogP contribution < -0.4 is 4.74 Å². The zero-order valence-electron chi connectivity index (χ0n) is 11.9. The van der Waals surface area contributed by atoms with Crippen molar-refractivity contribution in [2.45, 2.75) is 13.3 Å². The molecule has 0 amide bonds. The van der Waals surface area contributed by atoms with E-state index in [0.29, 0.717) is 5.56 Å². The van der Waals surface area contributed by atoms with Crippen molar-refractivity contribution in [3.05, 3.63) is 42.0 Å². The average molecular weight is 297 g/mol. The molecule has 0 atom stereocenters. The third kappa shape index (κ3) is 2.12. The molecule has 4 heteroatoms. The summed E-state index contributed by atoms with van der Waals surface area (Å²) < 4.78 is 7.36. The number of carbonyl (C=O) groups is 1. The smallest absolute Gasteiger partial charge is 0.150 e. The number of methoxy groups -OCH3 is 1. The number of rotatable bonds is 3. The van der Waals surface area contributed by atoms with Crippen molar-refractivity contribution in [1.29, 1.82) is 0 Å². The molecule has 0 aliphatic heterocycles. The fourth-order valence-electron chi connectivity index (χ4n) is 2.64. The van der Waals surface area contributed by atoms with E-state index in [2.05, 4.69) is 0 Å². The van der Waals surface area contributed by atoms with Crippen LogP contribution in [0.2, 0.25) is 0 Å². The molecule has 0 aliphatic rings. The van der Waals surface area contributed by atoms with Gasteiger partial charge in [0.15, 0.2) is 0 Å². The van der Waals surface area contributed by atoms with Gasteiger partial charge in [0.25, 0.3) is 0 Å². The van der Waals surface area contributed by atoms with Crippen LogP contribution in [0.4, 0.5) is 0 Å². The third-order valence-electron chi connectivity index (χ3n) is 3.69. The third-order valence-corrected chi connectivity index (χ3v) is 4.16. The van der Waals surface area contributed by atoms with Crippen LogP contribution in [0.25, 0.3) is 21.8 Å². The normalized spacial score (nSPS) is 11.0. The zero-order valence-corrected chi connectivity index (χ0v) is 12.7. The van der Waals surface area contributed by atoms with Crippen molar-refractivity contribution in [1.82, 2.24) is 4.57 Å². The molecule has 1 aromatic heterocycles. The van der Waals surface area contributed by atoms with E-state index in [1.54, 1.807) is 7.11 Å². The van der Waals surface area contributed by atoms with Gasteiger partial charge in [0.2, 0.25) is 0 Å². The number of benzene rings is 2. The maximum atomic E-state index is 11.1. The molecule has 0 saturated carbocycles. The summed E-state index contributed by atoms with van der Waals surface area (Å²) in [5.41, 5.74) is 2.63. The van der Waals surface area contributed by atoms with Crippen LogP contribution in [0.3, 0.4) is 0 Å². The highest BCUT2D eigenvalue weighted by atomic mass is 32.1. The molecule has 0 aliphatic carbocycles. The van der Waals surface area contributed by atoms with Crippen LogP contribution in [0, 0.1) is 0 Å². The molecule has 0 bridgehead atoms. The second kappa shape index (κ2) is 5.30. The van der Waals surface area contributed by atoms with E-state index in [0.717, 1.165) is 45.3 Å². The lowest BCUT2D eigenvalue weighted by atomic mass is 10.1. The topological polar surface area (TPSA) is 31.2 Å². The summed E-state index contributed by atoms with van der Waals surface area (Å²) in [7, 11) is 1.65. The largest absolute Gasteiger partial charge is 0.497 e. The fourth-order valence-corrected chi connectivity index (χ4v) is 2.84. The van der Waals surface area contributed by atoms with Crippen LogP contribution in [-0.2, 0) is 0 Å². The van der Waals surface area contributed by atoms with Gasteiger partial charge in [-0.05, 0) is 24.6 Å². The summed E-state index contributed by atoms with van der Waals surface area (Å²) in [5.74, 6) is 0.793. The Kier molecular flexibility index (Phi) is 3.47. The zero-order chi connectivity index (χ0) is 15.0. The predicted octanol–water partition coefficient (Wildman–Crippen LogP) is 4.20. The van der Waals surface area contributed by atoms with Gasteiger partial charge in [-0.3, -0.25) is 4.79 Å². The summed E-state index contributed by atoms with van der Waals surface area (Å²) in [4.78, 5) is 11.9. The fraction of sp³-hybridized carbons (Fsp3) is 0.176. The van der Waals surface area contributed by atoms with Crippen LogP contribution >= 0.6 is 12.2 Å². The number of hydrogen-bond donors (Lipinski definition) is 0. The van der Waals surface area contributed by atoms with E-state index in [1.807, 2.05) is 47.9 Å². The Hall–Kier alpha value is -2.20. The molecule has 106 valence electrons. The Morgan fingerprint density at radius 1 is 1.19 bits per heavy atom. The number of hydrogen-bond acceptors (Lipinski definition) is 3. The van der Waals surface area contributed by atoms with Gasteiger partial charge in [-0.1, -0.05) is 31.3 Å². The molecule has 0 saturated heterocycles. The van der Waals surface area contributed by atoms with Gasteiger partial charge < -0.3 is 9.30 Å². The number of ether oxygens (including phenoxy) is 1. The molecule has 2 aromatic carbocycles. The second-order valence-electron chi connectivity index (χ2n) is 4.86. The minimum atomic E-state index is 0.650. The first-order valence-corrected chi connectivity index (χ1v) is 7.21. The van der Waals surface area contributed by atoms with E-state index >= 15 is 0 Å². The maximum absolute atomic E-state index is 11.1. The van der Waals surface area contributed by atoms with Crippen molar-refractivity contribution < 1.29 is 9.53 Å². The molecule has 3 aromatic rings. The highest BCUT2D eigenvalue weighted by molar-refractivity contribution is 7.80. The van der Waals surface area contributed by atoms with E-state index in [4.69, 9.17) is 17.0 Å². The van der Waals surface area contributed by atoms with Gasteiger partial charge in [-0.15, -0.1) is 0 Å². The molecule has 0 N–H and O–H groups in total. The number of nitrogens with zero attached hydrogens (tertiary/aromatic N) is 1. The van der Waals surface area contributed by atoms with Crippen LogP contribution in [0.5, 0.6) is 5.75 Å². The van der Waals surface area contributed by atoms with Gasteiger partial charge in [0, 0.05) is 22.4 Å². The van der Waals surface area contributed by atoms with E-state index in [9.17, 15) is 4.79 Å². The van der Waals surface area contributed by atoms with Crippen molar-refractivity contribution in [2.24, 2.45) is 0 Å². The van der Waals surface area contributed by atoms with E-state index < -0.39 is 0 Å². The lowest BCUT2D eigenvalue weighted by Gasteiger charge is -2.08. The number of carbonyl (C=O) groups excluding carboxylic acids is 1. The molecular weight excluding hydrogens is 282 g/mol. The van der Waals surface area contributed by atoms with E-state index in [1.165, 1.54) is 0 Å². The van der Waals surface area contributed by atoms with E-state index in [-0.39, 0.29) is 0 Å². The van der Waals surface area contributed by atoms with Gasteiger partial charge in [-0.25, -0.2) is 0 Å². The van der Waals surface area contributed by atoms with Crippen LogP contribution in [-0.4, -0.2) is 23.0 Å². The first kappa shape index (κ1) is 13.8. The Morgan fingerprint density at radius 3 is 2.48 bits per heavy atom. The van der Waals surface area contributed by atoms with Crippen LogP contribution in [0.1, 0.15) is 23.7 Å². The highest BCUT2D eigenvalue weighted by Crippen LogP contribution is 2.32. The summed E-state index contributed by atoms with van der Waals surface area (Å²) in [6.45, 7) is 2.03. The molecule has 3 rings (SSSR count). The summed E-state index contributed by atoms with van der Waals surface area (Å²) >= 11 is 5.52. The van der Waals surface area contributed by atoms with Crippen molar-refractivity contribution in [2.75, 3.05) is 7.11 Å². The maximum Gasteiger partial charge on any atom is 0.150 e. The van der Waals surface area contributed by atoms with Gasteiger partial charge >= 0.3 is 0 Å². The predicted molar refractivity (Wildman–Crippen MR) is 89.7 cm³/mol. The average Bonchev–Trinajstić information content (AvgIpc) is 2.86. The van der Waals surface area contributed by atoms with Crippen molar-refractivity contribution >= 4 is 45.3 Å². The highest BCUT2D eigenvalue weighted by Gasteiger charge is 2.14. The Labute approximate surface area is 128 Å². The summed E-state index contributed by atoms with van der Waals surface area (Å²) in [6, 6.07) is 11.6. The first-order valence-electron chi connectivity index (χ1n) is 6.80. The summed E-state index contributed by atoms with van der Waals surface area (Å²) in [5, 5.41) is 2.20. The molecule has 0 unspecified atom stereocenters. The molecule has 1 heterocycles. The Balaban J connectivity index is 2.48. The SMILES string of the molecule is CCC(=S)n1c2cc(C=O)ccc2c2ccc(OC)cc21. The molecule has 21 heavy (non-hydrogen) atoms. The van der Waals surface area contributed by atoms with Crippen molar-refractivity contribution in [3.63, 3.8) is 0 Å². The monoisotopic (exact) mass is 297 g/mol. The minimum Gasteiger partial charge on any atom is -0.497 e.